The van der Waals surface area contributed by atoms with Crippen molar-refractivity contribution >= 4 is 5.91 Å². The van der Waals surface area contributed by atoms with Gasteiger partial charge in [0.25, 0.3) is 5.91 Å². The van der Waals surface area contributed by atoms with Crippen LogP contribution in [0.1, 0.15) is 295 Å². The first kappa shape index (κ1) is 111. The Bertz CT molecular complexity index is 2800. The van der Waals surface area contributed by atoms with Crippen molar-refractivity contribution in [3.05, 3.63) is 102 Å². The number of fused-ring (bicyclic) bond motifs is 1. The van der Waals surface area contributed by atoms with Crippen LogP contribution in [-0.2, 0) is 23.1 Å². The molecule has 9 nitrogen and oxygen atoms in total. The average Bonchev–Trinajstić information content (AvgIpc) is 1.75. The zero-order valence-electron chi connectivity index (χ0n) is 74.4. The fraction of sp³-hybridized carbons (Fsp3) is 0.753. The zero-order valence-corrected chi connectivity index (χ0v) is 74.4. The number of ether oxygens (including phenoxy) is 4. The van der Waals surface area contributed by atoms with Crippen LogP contribution in [0.25, 0.3) is 0 Å². The molecule has 2 saturated carbocycles. The molecular weight excluding hydrogens is 1380 g/mol. The van der Waals surface area contributed by atoms with E-state index in [4.69, 9.17) is 19.5 Å². The van der Waals surface area contributed by atoms with Crippen molar-refractivity contribution in [3.8, 4) is 23.3 Å². The first-order valence-corrected chi connectivity index (χ1v) is 38.3. The van der Waals surface area contributed by atoms with Crippen molar-refractivity contribution < 1.29 is 63.3 Å². The van der Waals surface area contributed by atoms with Gasteiger partial charge < -0.3 is 34.1 Å². The average molecular weight is 1530 g/mol. The molecular formula is C89H157F9N4O5. The maximum Gasteiger partial charge on any atom is 0.345 e. The summed E-state index contributed by atoms with van der Waals surface area (Å²) in [7, 11) is 5.64. The molecule has 0 aromatic heterocycles. The van der Waals surface area contributed by atoms with Crippen LogP contribution in [0.15, 0.2) is 79.4 Å². The molecule has 1 amide bonds. The molecule has 1 N–H and O–H groups in total. The van der Waals surface area contributed by atoms with Crippen molar-refractivity contribution in [1.82, 2.24) is 15.1 Å². The van der Waals surface area contributed by atoms with Crippen LogP contribution in [0.3, 0.4) is 0 Å². The van der Waals surface area contributed by atoms with Gasteiger partial charge in [-0.15, -0.1) is 6.58 Å². The topological polar surface area (TPSA) is 96.3 Å². The predicted molar refractivity (Wildman–Crippen MR) is 438 cm³/mol. The standard InChI is InChI=1S/C15H23NO.C13H19NO2.C13H19NO.C7H14.2C6H12F2.C6H13F.C6H12.C5H10F2O.C5H10F2.C5H7N.C2H6/c1-14(2,3)17-13-8-6-7-12(9-13)15(4)10-16(5)11-15;1-13(2,3)16-11-8-6-10(7-9-11)12(15)14(4)5;1-13(2,3)15-12-5-4-10-6-7-14-9-11(10)8-12;1-7(2,3)6-4-5-6;1-6(2,3)5(8)4-7;1-6(2,3)4-5(7)8;1-6(2,3)4-5-7;1-5-6(2,3)4;1-5(2,3)8-4(6)7;1-5(2,3)4(6)7;1-4-2-5(4)3-6;1-2/h6-9H,10-11H2,1-5H3;6-9H,1-5H3;4-5,8,14H,6-7,9H2,1-3H3;6H,4-5H2,1-3H3;2*5H,4H2,1-3H3;4-5H2,1-3H3;5H,1H2,2-4H3;4H,1-3H3;4H,1-3H3;4-5H,2H2,1H3;1-2H3/t;;;;;;;;;;4-,5+;/m..........1./s1. The van der Waals surface area contributed by atoms with E-state index < -0.39 is 48.7 Å². The summed E-state index contributed by atoms with van der Waals surface area (Å²) in [6, 6.07) is 24.4. The molecule has 3 aromatic carbocycles. The predicted octanol–water partition coefficient (Wildman–Crippen LogP) is 26.7. The van der Waals surface area contributed by atoms with Crippen LogP contribution >= 0.6 is 0 Å². The van der Waals surface area contributed by atoms with Gasteiger partial charge in [-0.1, -0.05) is 177 Å². The van der Waals surface area contributed by atoms with Crippen LogP contribution in [0.5, 0.6) is 17.2 Å². The third-order valence-electron chi connectivity index (χ3n) is 15.1. The normalized spacial score (nSPS) is 16.3. The molecule has 3 atom stereocenters. The van der Waals surface area contributed by atoms with Gasteiger partial charge in [-0.25, -0.2) is 26.3 Å². The van der Waals surface area contributed by atoms with Crippen LogP contribution in [-0.4, -0.2) is 118 Å². The molecule has 1 unspecified atom stereocenters. The minimum absolute atomic E-state index is 0.00214. The van der Waals surface area contributed by atoms with E-state index in [2.05, 4.69) is 168 Å². The Morgan fingerprint density at radius 2 is 1.07 bits per heavy atom. The Balaban J connectivity index is -0.000000364. The number of hydrogen-bond acceptors (Lipinski definition) is 8. The number of allylic oxidation sites excluding steroid dienone is 1. The third-order valence-corrected chi connectivity index (χ3v) is 15.1. The highest BCUT2D eigenvalue weighted by Gasteiger charge is 2.38. The van der Waals surface area contributed by atoms with Gasteiger partial charge in [-0.2, -0.15) is 14.0 Å². The number of alkyl halides is 9. The molecule has 3 fully saturated rings. The number of hydrogen-bond donors (Lipinski definition) is 1. The molecule has 7 rings (SSSR count). The molecule has 4 aliphatic rings. The monoisotopic (exact) mass is 1530 g/mol. The smallest absolute Gasteiger partial charge is 0.345 e. The molecule has 2 aliphatic heterocycles. The fourth-order valence-electron chi connectivity index (χ4n) is 8.46. The summed E-state index contributed by atoms with van der Waals surface area (Å²) in [5, 5.41) is 11.5. The van der Waals surface area contributed by atoms with Gasteiger partial charge >= 0.3 is 6.61 Å². The molecule has 0 bridgehead atoms. The second kappa shape index (κ2) is 50.1. The van der Waals surface area contributed by atoms with Crippen molar-refractivity contribution in [3.63, 3.8) is 0 Å². The van der Waals surface area contributed by atoms with E-state index in [-0.39, 0.29) is 46.6 Å². The van der Waals surface area contributed by atoms with Crippen LogP contribution < -0.4 is 19.5 Å². The number of carbonyl (C=O) groups excluding carboxylic acids is 1. The number of nitrogens with zero attached hydrogens (tertiary/aromatic N) is 3. The number of carbonyl (C=O) groups is 1. The van der Waals surface area contributed by atoms with E-state index in [0.717, 1.165) is 62.2 Å². The summed E-state index contributed by atoms with van der Waals surface area (Å²) in [6.07, 6.45) is 2.15. The van der Waals surface area contributed by atoms with E-state index in [9.17, 15) is 44.3 Å². The lowest BCUT2D eigenvalue weighted by molar-refractivity contribution is -0.189. The maximum absolute atomic E-state index is 12.3. The SMILES string of the molecule is C=CC(C)(C)C.CC.CC(C)(C)C(F)CF.CC(C)(C)C(F)F.CC(C)(C)C1CC1.CC(C)(C)CC(F)F.CC(C)(C)CCF.CC(C)(C)OC(F)F.CC(C)(C)Oc1ccc2c(c1)CNCC2.CN(C)C(=O)c1ccc(OC(C)(C)C)cc1.CN1CC(C)(c2cccc(OC(C)(C)C)c2)C1.C[C@@H]1C[C@H]1C#N. The van der Waals surface area contributed by atoms with E-state index in [1.165, 1.54) is 50.3 Å². The summed E-state index contributed by atoms with van der Waals surface area (Å²) >= 11 is 0. The zero-order chi connectivity index (χ0) is 85.5. The molecule has 107 heavy (non-hydrogen) atoms. The van der Waals surface area contributed by atoms with Gasteiger partial charge in [0.05, 0.1) is 18.3 Å². The minimum Gasteiger partial charge on any atom is -0.488 e. The second-order valence-electron chi connectivity index (χ2n) is 38.9. The highest BCUT2D eigenvalue weighted by molar-refractivity contribution is 5.93. The molecule has 1 saturated heterocycles. The maximum atomic E-state index is 12.3. The molecule has 2 aliphatic carbocycles. The minimum atomic E-state index is -2.66. The lowest BCUT2D eigenvalue weighted by atomic mass is 9.76. The number of nitriles is 1. The summed E-state index contributed by atoms with van der Waals surface area (Å²) in [6.45, 7) is 70.3. The van der Waals surface area contributed by atoms with E-state index >= 15 is 0 Å². The van der Waals surface area contributed by atoms with E-state index in [0.29, 0.717) is 40.1 Å². The van der Waals surface area contributed by atoms with Crippen molar-refractivity contribution in [2.24, 2.45) is 50.2 Å². The van der Waals surface area contributed by atoms with Crippen LogP contribution in [0.2, 0.25) is 0 Å². The fourth-order valence-corrected chi connectivity index (χ4v) is 8.46. The Kier molecular flexibility index (Phi) is 51.8. The lowest BCUT2D eigenvalue weighted by Crippen LogP contribution is -2.55. The first-order chi connectivity index (χ1) is 47.9. The number of amides is 1. The lowest BCUT2D eigenvalue weighted by Gasteiger charge is -2.46. The largest absolute Gasteiger partial charge is 0.488 e. The molecule has 3 aromatic rings. The number of halogens is 9. The summed E-state index contributed by atoms with van der Waals surface area (Å²) in [5.41, 5.74) is 3.50. The van der Waals surface area contributed by atoms with Crippen molar-refractivity contribution in [2.75, 3.05) is 54.1 Å². The number of likely N-dealkylation sites (N-methyl/N-ethyl adjacent to an activating group) is 1. The highest BCUT2D eigenvalue weighted by Crippen LogP contribution is 2.44. The Morgan fingerprint density at radius 1 is 0.645 bits per heavy atom. The highest BCUT2D eigenvalue weighted by atomic mass is 19.3. The Morgan fingerprint density at radius 3 is 1.30 bits per heavy atom. The number of benzene rings is 3. The molecule has 0 spiro atoms. The van der Waals surface area contributed by atoms with Gasteiger partial charge in [0.2, 0.25) is 12.9 Å². The number of nitrogens with one attached hydrogen (secondary N) is 1. The number of rotatable bonds is 9. The Hall–Kier alpha value is -4.99. The summed E-state index contributed by atoms with van der Waals surface area (Å²) in [5.74, 6) is 4.90. The second-order valence-corrected chi connectivity index (χ2v) is 38.9. The van der Waals surface area contributed by atoms with Crippen LogP contribution in [0, 0.1) is 61.6 Å². The van der Waals surface area contributed by atoms with E-state index in [1.807, 2.05) is 79.7 Å². The van der Waals surface area contributed by atoms with Gasteiger partial charge in [0, 0.05) is 62.5 Å². The third kappa shape index (κ3) is 66.5. The van der Waals surface area contributed by atoms with Gasteiger partial charge in [-0.3, -0.25) is 9.18 Å². The molecule has 2 heterocycles. The molecule has 0 radical (unpaired) electrons. The van der Waals surface area contributed by atoms with Crippen molar-refractivity contribution in [1.29, 1.82) is 5.26 Å². The van der Waals surface area contributed by atoms with Gasteiger partial charge in [0.15, 0.2) is 0 Å². The first-order valence-electron chi connectivity index (χ1n) is 38.3. The molecule has 18 heteroatoms. The van der Waals surface area contributed by atoms with E-state index in [1.54, 1.807) is 93.4 Å². The van der Waals surface area contributed by atoms with Gasteiger partial charge in [-0.05, 0) is 233 Å². The number of likely N-dealkylation sites (tertiary alicyclic amines) is 1. The summed E-state index contributed by atoms with van der Waals surface area (Å²) < 4.78 is 126. The van der Waals surface area contributed by atoms with Crippen LogP contribution in [0.4, 0.5) is 39.5 Å². The summed E-state index contributed by atoms with van der Waals surface area (Å²) in [4.78, 5) is 15.5. The van der Waals surface area contributed by atoms with Crippen molar-refractivity contribution in [2.45, 2.75) is 334 Å². The van der Waals surface area contributed by atoms with Gasteiger partial charge in [0.1, 0.15) is 46.9 Å². The Labute approximate surface area is 649 Å². The quantitative estimate of drug-likeness (QED) is 0.167. The molecule has 626 valence electrons.